The van der Waals surface area contributed by atoms with E-state index in [0.29, 0.717) is 0 Å². The molecule has 0 aliphatic carbocycles. The quantitative estimate of drug-likeness (QED) is 0.652. The van der Waals surface area contributed by atoms with Gasteiger partial charge in [0, 0.05) is 29.5 Å². The molecule has 1 aromatic carbocycles. The highest BCUT2D eigenvalue weighted by Gasteiger charge is 2.19. The van der Waals surface area contributed by atoms with Crippen molar-refractivity contribution >= 4 is 16.6 Å². The van der Waals surface area contributed by atoms with E-state index < -0.39 is 0 Å². The number of benzene rings is 1. The second kappa shape index (κ2) is 6.58. The molecule has 1 heterocycles. The number of nitro benzene ring substituents is 1. The van der Waals surface area contributed by atoms with Gasteiger partial charge in [-0.15, -0.1) is 0 Å². The first-order chi connectivity index (χ1) is 10.0. The average molecular weight is 288 g/mol. The van der Waals surface area contributed by atoms with E-state index in [1.54, 1.807) is 12.1 Å². The topological polar surface area (TPSA) is 81.0 Å². The lowest BCUT2D eigenvalue weighted by Crippen LogP contribution is -2.32. The van der Waals surface area contributed by atoms with E-state index in [2.05, 4.69) is 36.1 Å². The Morgan fingerprint density at radius 3 is 2.76 bits per heavy atom. The fourth-order valence-corrected chi connectivity index (χ4v) is 2.33. The highest BCUT2D eigenvalue weighted by atomic mass is 16.6. The molecule has 1 aromatic heterocycles. The summed E-state index contributed by atoms with van der Waals surface area (Å²) in [6.07, 6.45) is 2.58. The van der Waals surface area contributed by atoms with Gasteiger partial charge in [0.05, 0.1) is 16.1 Å². The number of nitrogens with zero attached hydrogens (tertiary/aromatic N) is 3. The molecule has 0 saturated heterocycles. The number of hydrogen-bond acceptors (Lipinski definition) is 5. The molecule has 0 bridgehead atoms. The van der Waals surface area contributed by atoms with Crippen LogP contribution in [0.3, 0.4) is 0 Å². The lowest BCUT2D eigenvalue weighted by Gasteiger charge is -2.21. The summed E-state index contributed by atoms with van der Waals surface area (Å²) in [6, 6.07) is 4.95. The summed E-state index contributed by atoms with van der Waals surface area (Å²) >= 11 is 0. The lowest BCUT2D eigenvalue weighted by atomic mass is 9.96. The third kappa shape index (κ3) is 3.33. The van der Waals surface area contributed by atoms with Gasteiger partial charge in [0.25, 0.3) is 5.69 Å². The highest BCUT2D eigenvalue weighted by molar-refractivity contribution is 5.83. The predicted octanol–water partition coefficient (Wildman–Crippen LogP) is 3.03. The van der Waals surface area contributed by atoms with Crippen LogP contribution in [-0.2, 0) is 0 Å². The van der Waals surface area contributed by atoms with Crippen LogP contribution >= 0.6 is 0 Å². The third-order valence-electron chi connectivity index (χ3n) is 3.76. The summed E-state index contributed by atoms with van der Waals surface area (Å²) in [5, 5.41) is 15.1. The number of aromatic nitrogens is 2. The van der Waals surface area contributed by atoms with E-state index in [-0.39, 0.29) is 22.6 Å². The molecule has 6 nitrogen and oxygen atoms in total. The van der Waals surface area contributed by atoms with Gasteiger partial charge >= 0.3 is 0 Å². The van der Waals surface area contributed by atoms with E-state index in [1.807, 2.05) is 0 Å². The minimum Gasteiger partial charge on any atom is -0.314 e. The molecular weight excluding hydrogens is 268 g/mol. The summed E-state index contributed by atoms with van der Waals surface area (Å²) in [5.41, 5.74) is 1.65. The molecular formula is C15H20N4O2. The van der Waals surface area contributed by atoms with Gasteiger partial charge in [-0.2, -0.15) is 0 Å². The lowest BCUT2D eigenvalue weighted by molar-refractivity contribution is -0.384. The Kier molecular flexibility index (Phi) is 4.80. The Balaban J connectivity index is 2.42. The fraction of sp³-hybridized carbons (Fsp3) is 0.467. The Labute approximate surface area is 123 Å². The molecule has 0 spiro atoms. The number of nitro groups is 1. The SMILES string of the molecule is CCCNC(C)C(C)c1ncnc2ccc([N+](=O)[O-])cc12. The van der Waals surface area contributed by atoms with Gasteiger partial charge in [0.15, 0.2) is 0 Å². The summed E-state index contributed by atoms with van der Waals surface area (Å²) < 4.78 is 0. The van der Waals surface area contributed by atoms with Crippen molar-refractivity contribution in [1.82, 2.24) is 15.3 Å². The Morgan fingerprint density at radius 1 is 1.33 bits per heavy atom. The highest BCUT2D eigenvalue weighted by Crippen LogP contribution is 2.27. The Morgan fingerprint density at radius 2 is 2.10 bits per heavy atom. The number of non-ortho nitro benzene ring substituents is 1. The zero-order valence-electron chi connectivity index (χ0n) is 12.5. The summed E-state index contributed by atoms with van der Waals surface area (Å²) in [4.78, 5) is 19.1. The standard InChI is InChI=1S/C15H20N4O2/c1-4-7-16-11(3)10(2)15-13-8-12(19(20)21)5-6-14(13)17-9-18-15/h5-6,8-11,16H,4,7H2,1-3H3. The van der Waals surface area contributed by atoms with Crippen LogP contribution in [0, 0.1) is 10.1 Å². The van der Waals surface area contributed by atoms with E-state index in [9.17, 15) is 10.1 Å². The van der Waals surface area contributed by atoms with Gasteiger partial charge in [-0.05, 0) is 26.0 Å². The van der Waals surface area contributed by atoms with Crippen LogP contribution in [0.1, 0.15) is 38.8 Å². The van der Waals surface area contributed by atoms with Crippen molar-refractivity contribution < 1.29 is 4.92 Å². The zero-order chi connectivity index (χ0) is 15.4. The maximum Gasteiger partial charge on any atom is 0.270 e. The molecule has 0 radical (unpaired) electrons. The maximum absolute atomic E-state index is 11.0. The maximum atomic E-state index is 11.0. The van der Waals surface area contributed by atoms with Crippen LogP contribution in [0.15, 0.2) is 24.5 Å². The van der Waals surface area contributed by atoms with Crippen LogP contribution in [0.4, 0.5) is 5.69 Å². The first-order valence-corrected chi connectivity index (χ1v) is 7.17. The van der Waals surface area contributed by atoms with Crippen molar-refractivity contribution in [2.75, 3.05) is 6.54 Å². The first-order valence-electron chi connectivity index (χ1n) is 7.17. The average Bonchev–Trinajstić information content (AvgIpc) is 2.50. The first kappa shape index (κ1) is 15.3. The number of rotatable bonds is 6. The minimum atomic E-state index is -0.389. The Hall–Kier alpha value is -2.08. The van der Waals surface area contributed by atoms with Crippen LogP contribution in [0.25, 0.3) is 10.9 Å². The summed E-state index contributed by atoms with van der Waals surface area (Å²) in [5.74, 6) is 0.143. The summed E-state index contributed by atoms with van der Waals surface area (Å²) in [6.45, 7) is 7.24. The van der Waals surface area contributed by atoms with E-state index in [1.165, 1.54) is 12.4 Å². The molecule has 2 unspecified atom stereocenters. The molecule has 0 aliphatic heterocycles. The van der Waals surface area contributed by atoms with Crippen LogP contribution in [-0.4, -0.2) is 27.5 Å². The van der Waals surface area contributed by atoms with Gasteiger partial charge in [-0.3, -0.25) is 10.1 Å². The third-order valence-corrected chi connectivity index (χ3v) is 3.76. The van der Waals surface area contributed by atoms with Crippen molar-refractivity contribution in [3.8, 4) is 0 Å². The predicted molar refractivity (Wildman–Crippen MR) is 82.4 cm³/mol. The van der Waals surface area contributed by atoms with Gasteiger partial charge in [0.2, 0.25) is 0 Å². The molecule has 2 atom stereocenters. The van der Waals surface area contributed by atoms with Gasteiger partial charge in [-0.1, -0.05) is 13.8 Å². The molecule has 112 valence electrons. The summed E-state index contributed by atoms with van der Waals surface area (Å²) in [7, 11) is 0. The second-order valence-corrected chi connectivity index (χ2v) is 5.25. The molecule has 0 saturated carbocycles. The second-order valence-electron chi connectivity index (χ2n) is 5.25. The fourth-order valence-electron chi connectivity index (χ4n) is 2.33. The van der Waals surface area contributed by atoms with Crippen LogP contribution < -0.4 is 5.32 Å². The molecule has 21 heavy (non-hydrogen) atoms. The Bertz CT molecular complexity index is 645. The van der Waals surface area contributed by atoms with E-state index >= 15 is 0 Å². The van der Waals surface area contributed by atoms with Crippen LogP contribution in [0.5, 0.6) is 0 Å². The van der Waals surface area contributed by atoms with Crippen molar-refractivity contribution in [3.05, 3.63) is 40.3 Å². The molecule has 2 rings (SSSR count). The number of fused-ring (bicyclic) bond motifs is 1. The number of hydrogen-bond donors (Lipinski definition) is 1. The smallest absolute Gasteiger partial charge is 0.270 e. The van der Waals surface area contributed by atoms with E-state index in [0.717, 1.165) is 29.6 Å². The van der Waals surface area contributed by atoms with Gasteiger partial charge < -0.3 is 5.32 Å². The van der Waals surface area contributed by atoms with Crippen molar-refractivity contribution in [2.45, 2.75) is 39.2 Å². The van der Waals surface area contributed by atoms with Crippen LogP contribution in [0.2, 0.25) is 0 Å². The molecule has 0 aliphatic rings. The molecule has 0 amide bonds. The van der Waals surface area contributed by atoms with Gasteiger partial charge in [-0.25, -0.2) is 9.97 Å². The van der Waals surface area contributed by atoms with Crippen molar-refractivity contribution in [2.24, 2.45) is 0 Å². The zero-order valence-corrected chi connectivity index (χ0v) is 12.5. The normalized spacial score (nSPS) is 14.0. The monoisotopic (exact) mass is 288 g/mol. The molecule has 2 aromatic rings. The number of nitrogens with one attached hydrogen (secondary N) is 1. The van der Waals surface area contributed by atoms with Crippen molar-refractivity contribution in [1.29, 1.82) is 0 Å². The van der Waals surface area contributed by atoms with E-state index in [4.69, 9.17) is 0 Å². The molecule has 1 N–H and O–H groups in total. The largest absolute Gasteiger partial charge is 0.314 e. The van der Waals surface area contributed by atoms with Gasteiger partial charge in [0.1, 0.15) is 6.33 Å². The van der Waals surface area contributed by atoms with Crippen molar-refractivity contribution in [3.63, 3.8) is 0 Å². The molecule has 6 heteroatoms. The minimum absolute atomic E-state index is 0.0694. The molecule has 0 fully saturated rings.